The first-order valence-electron chi connectivity index (χ1n) is 10.4. The Morgan fingerprint density at radius 3 is 2.72 bits per heavy atom. The van der Waals surface area contributed by atoms with Crippen molar-refractivity contribution in [1.29, 1.82) is 0 Å². The zero-order valence-corrected chi connectivity index (χ0v) is 17.4. The van der Waals surface area contributed by atoms with Gasteiger partial charge in [0, 0.05) is 36.3 Å². The van der Waals surface area contributed by atoms with E-state index in [-0.39, 0.29) is 0 Å². The van der Waals surface area contributed by atoms with E-state index in [4.69, 9.17) is 0 Å². The Morgan fingerprint density at radius 2 is 1.93 bits per heavy atom. The van der Waals surface area contributed by atoms with E-state index in [2.05, 4.69) is 68.6 Å². The largest absolute Gasteiger partial charge is 0.331 e. The van der Waals surface area contributed by atoms with Gasteiger partial charge in [0.2, 0.25) is 0 Å². The van der Waals surface area contributed by atoms with E-state index >= 15 is 0 Å². The Labute approximate surface area is 172 Å². The molecule has 0 atom stereocenters. The Hall–Kier alpha value is -2.92. The Balaban J connectivity index is 0.000000645. The van der Waals surface area contributed by atoms with Crippen molar-refractivity contribution < 1.29 is 0 Å². The number of nitrogens with zero attached hydrogens (tertiary/aromatic N) is 4. The molecule has 4 aromatic rings. The van der Waals surface area contributed by atoms with Gasteiger partial charge in [-0.3, -0.25) is 10.00 Å². The number of hydrogen-bond donors (Lipinski definition) is 1. The molecule has 3 aromatic heterocycles. The lowest BCUT2D eigenvalue weighted by Gasteiger charge is -2.26. The minimum atomic E-state index is 1.01. The van der Waals surface area contributed by atoms with Gasteiger partial charge in [0.05, 0.1) is 11.7 Å². The smallest absolute Gasteiger partial charge is 0.140 e. The van der Waals surface area contributed by atoms with Gasteiger partial charge in [-0.05, 0) is 68.2 Å². The lowest BCUT2D eigenvalue weighted by atomic mass is 10.0. The van der Waals surface area contributed by atoms with Gasteiger partial charge in [0.15, 0.2) is 0 Å². The number of fused-ring (bicyclic) bond motifs is 2. The van der Waals surface area contributed by atoms with Crippen molar-refractivity contribution >= 4 is 21.9 Å². The number of rotatable bonds is 3. The van der Waals surface area contributed by atoms with E-state index in [1.54, 1.807) is 6.08 Å². The molecule has 0 radical (unpaired) electrons. The lowest BCUT2D eigenvalue weighted by Crippen LogP contribution is -2.29. The zero-order chi connectivity index (χ0) is 20.2. The normalized spacial score (nSPS) is 14.7. The van der Waals surface area contributed by atoms with Crippen molar-refractivity contribution in [1.82, 2.24) is 24.6 Å². The van der Waals surface area contributed by atoms with Crippen LogP contribution in [0.3, 0.4) is 0 Å². The van der Waals surface area contributed by atoms with Gasteiger partial charge < -0.3 is 4.57 Å². The summed E-state index contributed by atoms with van der Waals surface area (Å²) in [5, 5.41) is 9.52. The van der Waals surface area contributed by atoms with Crippen LogP contribution in [-0.4, -0.2) is 37.7 Å². The predicted octanol–water partition coefficient (Wildman–Crippen LogP) is 5.29. The van der Waals surface area contributed by atoms with Gasteiger partial charge >= 0.3 is 0 Å². The van der Waals surface area contributed by atoms with Gasteiger partial charge in [0.25, 0.3) is 0 Å². The quantitative estimate of drug-likeness (QED) is 0.486. The number of piperidine rings is 1. The first-order valence-corrected chi connectivity index (χ1v) is 10.4. The maximum absolute atomic E-state index is 4.66. The van der Waals surface area contributed by atoms with E-state index in [9.17, 15) is 0 Å². The van der Waals surface area contributed by atoms with Gasteiger partial charge in [-0.15, -0.1) is 6.58 Å². The Bertz CT molecular complexity index is 1110. The van der Waals surface area contributed by atoms with Gasteiger partial charge in [-0.2, -0.15) is 5.10 Å². The number of H-pyrrole nitrogens is 1. The molecule has 5 nitrogen and oxygen atoms in total. The van der Waals surface area contributed by atoms with Crippen molar-refractivity contribution in [3.05, 3.63) is 61.1 Å². The molecule has 0 spiro atoms. The summed E-state index contributed by atoms with van der Waals surface area (Å²) < 4.78 is 2.25. The Kier molecular flexibility index (Phi) is 5.76. The number of benzene rings is 1. The summed E-state index contributed by atoms with van der Waals surface area (Å²) in [5.41, 5.74) is 5.91. The monoisotopic (exact) mass is 387 g/mol. The maximum Gasteiger partial charge on any atom is 0.140 e. The maximum atomic E-state index is 4.66. The molecule has 29 heavy (non-hydrogen) atoms. The second-order valence-corrected chi connectivity index (χ2v) is 7.71. The van der Waals surface area contributed by atoms with Gasteiger partial charge in [-0.25, -0.2) is 4.98 Å². The Morgan fingerprint density at radius 1 is 1.14 bits per heavy atom. The number of pyridine rings is 1. The fourth-order valence-electron chi connectivity index (χ4n) is 4.13. The summed E-state index contributed by atoms with van der Waals surface area (Å²) in [6.45, 7) is 8.67. The van der Waals surface area contributed by atoms with Gasteiger partial charge in [-0.1, -0.05) is 18.6 Å². The van der Waals surface area contributed by atoms with Crippen LogP contribution in [0.5, 0.6) is 0 Å². The highest BCUT2D eigenvalue weighted by molar-refractivity contribution is 5.96. The number of allylic oxidation sites excluding steroid dienone is 1. The fraction of sp³-hybridized carbons (Fsp3) is 0.333. The molecule has 5 rings (SSSR count). The minimum Gasteiger partial charge on any atom is -0.331 e. The van der Waals surface area contributed by atoms with E-state index in [1.807, 2.05) is 19.3 Å². The third-order valence-corrected chi connectivity index (χ3v) is 5.61. The van der Waals surface area contributed by atoms with Gasteiger partial charge in [0.1, 0.15) is 5.65 Å². The highest BCUT2D eigenvalue weighted by Gasteiger charge is 2.16. The number of aromatic nitrogens is 4. The molecule has 150 valence electrons. The number of aromatic amines is 1. The summed E-state index contributed by atoms with van der Waals surface area (Å²) in [6.07, 6.45) is 9.55. The summed E-state index contributed by atoms with van der Waals surface area (Å²) in [5.74, 6) is 0. The molecule has 0 saturated carbocycles. The first-order chi connectivity index (χ1) is 14.2. The molecule has 1 aliphatic heterocycles. The standard InChI is InChI=1S/C21H23N5.C3H6/c1-25-17(14-26-9-3-2-4-10-26)12-19-18(7-8-22-21(19)25)15-5-6-20-16(11-15)13-23-24-20;1-3-2/h5-8,11-13H,2-4,9-10,14H2,1H3,(H,23,24);3H,1H2,2H3. The molecule has 0 amide bonds. The number of aryl methyl sites for hydroxylation is 1. The molecular formula is C24H29N5. The molecule has 1 aromatic carbocycles. The molecule has 1 saturated heterocycles. The fourth-order valence-corrected chi connectivity index (χ4v) is 4.13. The third-order valence-electron chi connectivity index (χ3n) is 5.61. The number of hydrogen-bond acceptors (Lipinski definition) is 3. The molecule has 5 heteroatoms. The zero-order valence-electron chi connectivity index (χ0n) is 17.4. The van der Waals surface area contributed by atoms with E-state index < -0.39 is 0 Å². The second-order valence-electron chi connectivity index (χ2n) is 7.71. The van der Waals surface area contributed by atoms with Crippen LogP contribution in [0.15, 0.2) is 55.4 Å². The van der Waals surface area contributed by atoms with Crippen molar-refractivity contribution in [3.8, 4) is 11.1 Å². The van der Waals surface area contributed by atoms with Crippen LogP contribution in [0.25, 0.3) is 33.1 Å². The first kappa shape index (κ1) is 19.4. The summed E-state index contributed by atoms with van der Waals surface area (Å²) >= 11 is 0. The molecule has 0 aliphatic carbocycles. The van der Waals surface area contributed by atoms with Crippen LogP contribution >= 0.6 is 0 Å². The van der Waals surface area contributed by atoms with Crippen LogP contribution < -0.4 is 0 Å². The topological polar surface area (TPSA) is 49.7 Å². The SMILES string of the molecule is C=CC.Cn1c(CN2CCCCC2)cc2c(-c3ccc4[nH]ncc4c3)ccnc21. The van der Waals surface area contributed by atoms with Crippen LogP contribution in [0.2, 0.25) is 0 Å². The van der Waals surface area contributed by atoms with Crippen LogP contribution in [0, 0.1) is 0 Å². The molecule has 1 fully saturated rings. The average molecular weight is 388 g/mol. The lowest BCUT2D eigenvalue weighted by molar-refractivity contribution is 0.217. The predicted molar refractivity (Wildman–Crippen MR) is 121 cm³/mol. The summed E-state index contributed by atoms with van der Waals surface area (Å²) in [4.78, 5) is 7.22. The van der Waals surface area contributed by atoms with Crippen LogP contribution in [-0.2, 0) is 13.6 Å². The third kappa shape index (κ3) is 3.96. The minimum absolute atomic E-state index is 1.01. The van der Waals surface area contributed by atoms with Crippen molar-refractivity contribution in [2.75, 3.05) is 13.1 Å². The highest BCUT2D eigenvalue weighted by atomic mass is 15.2. The second kappa shape index (κ2) is 8.62. The average Bonchev–Trinajstić information content (AvgIpc) is 3.34. The van der Waals surface area contributed by atoms with Crippen LogP contribution in [0.1, 0.15) is 31.9 Å². The molecule has 0 unspecified atom stereocenters. The number of nitrogens with one attached hydrogen (secondary N) is 1. The molecular weight excluding hydrogens is 358 g/mol. The summed E-state index contributed by atoms with van der Waals surface area (Å²) in [7, 11) is 2.14. The van der Waals surface area contributed by atoms with E-state index in [0.29, 0.717) is 0 Å². The summed E-state index contributed by atoms with van der Waals surface area (Å²) in [6, 6.07) is 10.9. The van der Waals surface area contributed by atoms with E-state index in [0.717, 1.165) is 23.1 Å². The van der Waals surface area contributed by atoms with Crippen molar-refractivity contribution in [3.63, 3.8) is 0 Å². The molecule has 4 heterocycles. The van der Waals surface area contributed by atoms with Crippen molar-refractivity contribution in [2.24, 2.45) is 7.05 Å². The van der Waals surface area contributed by atoms with E-state index in [1.165, 1.54) is 54.6 Å². The molecule has 0 bridgehead atoms. The molecule has 1 N–H and O–H groups in total. The van der Waals surface area contributed by atoms with Crippen LogP contribution in [0.4, 0.5) is 0 Å². The highest BCUT2D eigenvalue weighted by Crippen LogP contribution is 2.31. The number of likely N-dealkylation sites (tertiary alicyclic amines) is 1. The molecule has 1 aliphatic rings. The van der Waals surface area contributed by atoms with Crippen molar-refractivity contribution in [2.45, 2.75) is 32.7 Å².